The molecule has 1 aromatic heterocycles. The van der Waals surface area contributed by atoms with Crippen molar-refractivity contribution < 1.29 is 19.4 Å². The predicted molar refractivity (Wildman–Crippen MR) is 137 cm³/mol. The summed E-state index contributed by atoms with van der Waals surface area (Å²) >= 11 is 0. The zero-order valence-electron chi connectivity index (χ0n) is 20.6. The van der Waals surface area contributed by atoms with Crippen molar-refractivity contribution in [3.05, 3.63) is 82.7 Å². The molecule has 0 aliphatic carbocycles. The molecule has 0 bridgehead atoms. The number of hydrogen-bond donors (Lipinski definition) is 1. The number of hydrogen-bond acceptors (Lipinski definition) is 6. The van der Waals surface area contributed by atoms with Gasteiger partial charge in [0.05, 0.1) is 26.9 Å². The third-order valence-electron chi connectivity index (χ3n) is 6.77. The van der Waals surface area contributed by atoms with Gasteiger partial charge in [0.25, 0.3) is 5.91 Å². The van der Waals surface area contributed by atoms with E-state index in [1.54, 1.807) is 13.2 Å². The Morgan fingerprint density at radius 1 is 1.14 bits per heavy atom. The number of nitrogens with zero attached hydrogens (tertiary/aromatic N) is 4. The maximum atomic E-state index is 13.5. The first-order valence-electron chi connectivity index (χ1n) is 12.4. The molecule has 0 atom stereocenters. The van der Waals surface area contributed by atoms with Crippen LogP contribution >= 0.6 is 0 Å². The van der Waals surface area contributed by atoms with Crippen LogP contribution in [0.4, 0.5) is 0 Å². The Bertz CT molecular complexity index is 1230. The Kier molecular flexibility index (Phi) is 7.34. The third-order valence-corrected chi connectivity index (χ3v) is 6.77. The van der Waals surface area contributed by atoms with Gasteiger partial charge in [-0.3, -0.25) is 14.4 Å². The maximum absolute atomic E-state index is 13.5. The molecule has 1 amide bonds. The molecule has 3 aromatic rings. The number of aromatic hydroxyl groups is 1. The summed E-state index contributed by atoms with van der Waals surface area (Å²) in [4.78, 5) is 17.7. The topological polar surface area (TPSA) is 80.1 Å². The number of phenols is 1. The summed E-state index contributed by atoms with van der Waals surface area (Å²) < 4.78 is 12.7. The second-order valence-electron chi connectivity index (χ2n) is 9.14. The lowest BCUT2D eigenvalue weighted by Gasteiger charge is -2.28. The highest BCUT2D eigenvalue weighted by Crippen LogP contribution is 2.27. The number of aromatic nitrogens is 2. The molecule has 0 saturated carbocycles. The van der Waals surface area contributed by atoms with Crippen molar-refractivity contribution in [1.82, 2.24) is 19.6 Å². The third kappa shape index (κ3) is 5.29. The molecule has 5 rings (SSSR count). The normalized spacial score (nSPS) is 16.3. The van der Waals surface area contributed by atoms with Gasteiger partial charge in [0.1, 0.15) is 0 Å². The first-order valence-corrected chi connectivity index (χ1v) is 12.4. The van der Waals surface area contributed by atoms with Crippen molar-refractivity contribution in [3.63, 3.8) is 0 Å². The summed E-state index contributed by atoms with van der Waals surface area (Å²) in [5, 5.41) is 14.7. The van der Waals surface area contributed by atoms with E-state index in [9.17, 15) is 9.90 Å². The molecular weight excluding hydrogens is 456 g/mol. The summed E-state index contributed by atoms with van der Waals surface area (Å²) in [6.07, 6.45) is 4.97. The van der Waals surface area contributed by atoms with Crippen LogP contribution in [0.5, 0.6) is 11.5 Å². The highest BCUT2D eigenvalue weighted by atomic mass is 16.5. The van der Waals surface area contributed by atoms with Crippen LogP contribution in [-0.4, -0.2) is 77.1 Å². The van der Waals surface area contributed by atoms with E-state index in [0.29, 0.717) is 50.8 Å². The van der Waals surface area contributed by atoms with Crippen LogP contribution in [0.25, 0.3) is 6.08 Å². The van der Waals surface area contributed by atoms with Crippen molar-refractivity contribution in [2.75, 3.05) is 46.5 Å². The van der Waals surface area contributed by atoms with Crippen molar-refractivity contribution in [2.45, 2.75) is 19.5 Å². The minimum Gasteiger partial charge on any atom is -0.504 e. The maximum Gasteiger partial charge on any atom is 0.274 e. The SMILES string of the molecule is COc1cc(C=CCN2CCc3c(c(C(=O)N4CCOCC4)nn3Cc3ccccc3)C2)ccc1O. The molecule has 8 nitrogen and oxygen atoms in total. The lowest BCUT2D eigenvalue weighted by Crippen LogP contribution is -2.41. The Morgan fingerprint density at radius 3 is 2.72 bits per heavy atom. The van der Waals surface area contributed by atoms with Crippen LogP contribution in [0.15, 0.2) is 54.6 Å². The first-order chi connectivity index (χ1) is 17.6. The number of amides is 1. The van der Waals surface area contributed by atoms with E-state index >= 15 is 0 Å². The van der Waals surface area contributed by atoms with Crippen LogP contribution in [0.2, 0.25) is 0 Å². The lowest BCUT2D eigenvalue weighted by molar-refractivity contribution is 0.0297. The van der Waals surface area contributed by atoms with Crippen LogP contribution in [0.3, 0.4) is 0 Å². The molecule has 1 N–H and O–H groups in total. The van der Waals surface area contributed by atoms with Gasteiger partial charge in [-0.1, -0.05) is 48.6 Å². The van der Waals surface area contributed by atoms with Crippen molar-refractivity contribution in [3.8, 4) is 11.5 Å². The molecule has 36 heavy (non-hydrogen) atoms. The number of methoxy groups -OCH3 is 1. The minimum absolute atomic E-state index is 0.00468. The van der Waals surface area contributed by atoms with E-state index in [1.807, 2.05) is 46.0 Å². The Hall–Kier alpha value is -3.62. The number of phenolic OH excluding ortho intramolecular Hbond substituents is 1. The van der Waals surface area contributed by atoms with Gasteiger partial charge in [0, 0.05) is 50.4 Å². The number of rotatable bonds is 7. The largest absolute Gasteiger partial charge is 0.504 e. The monoisotopic (exact) mass is 488 g/mol. The van der Waals surface area contributed by atoms with Gasteiger partial charge >= 0.3 is 0 Å². The second kappa shape index (κ2) is 11.0. The Balaban J connectivity index is 1.35. The smallest absolute Gasteiger partial charge is 0.274 e. The Labute approximate surface area is 211 Å². The Morgan fingerprint density at radius 2 is 1.94 bits per heavy atom. The molecule has 188 valence electrons. The zero-order chi connectivity index (χ0) is 24.9. The summed E-state index contributed by atoms with van der Waals surface area (Å²) in [5.41, 5.74) is 4.89. The number of fused-ring (bicyclic) bond motifs is 1. The fourth-order valence-corrected chi connectivity index (χ4v) is 4.81. The molecule has 2 aliphatic heterocycles. The van der Waals surface area contributed by atoms with Crippen LogP contribution in [0, 0.1) is 0 Å². The molecule has 3 heterocycles. The van der Waals surface area contributed by atoms with E-state index in [-0.39, 0.29) is 11.7 Å². The molecule has 1 saturated heterocycles. The number of carbonyl (C=O) groups excluding carboxylic acids is 1. The van der Waals surface area contributed by atoms with Gasteiger partial charge in [-0.25, -0.2) is 0 Å². The number of ether oxygens (including phenoxy) is 2. The molecule has 8 heteroatoms. The summed E-state index contributed by atoms with van der Waals surface area (Å²) in [6.45, 7) is 5.30. The highest BCUT2D eigenvalue weighted by Gasteiger charge is 2.30. The average Bonchev–Trinajstić information content (AvgIpc) is 3.27. The van der Waals surface area contributed by atoms with Gasteiger partial charge in [0.2, 0.25) is 0 Å². The van der Waals surface area contributed by atoms with E-state index in [4.69, 9.17) is 14.6 Å². The predicted octanol–water partition coefficient (Wildman–Crippen LogP) is 3.19. The molecule has 1 fully saturated rings. The second-order valence-corrected chi connectivity index (χ2v) is 9.14. The molecule has 0 radical (unpaired) electrons. The molecule has 0 unspecified atom stereocenters. The number of benzene rings is 2. The van der Waals surface area contributed by atoms with Crippen molar-refractivity contribution in [2.24, 2.45) is 0 Å². The van der Waals surface area contributed by atoms with Crippen LogP contribution < -0.4 is 4.74 Å². The van der Waals surface area contributed by atoms with E-state index in [1.165, 1.54) is 5.56 Å². The number of morpholine rings is 1. The van der Waals surface area contributed by atoms with Gasteiger partial charge in [-0.2, -0.15) is 5.10 Å². The van der Waals surface area contributed by atoms with Crippen LogP contribution in [-0.2, 0) is 24.2 Å². The summed E-state index contributed by atoms with van der Waals surface area (Å²) in [5.74, 6) is 0.579. The van der Waals surface area contributed by atoms with E-state index in [2.05, 4.69) is 23.1 Å². The fraction of sp³-hybridized carbons (Fsp3) is 0.357. The van der Waals surface area contributed by atoms with Gasteiger partial charge < -0.3 is 19.5 Å². The fourth-order valence-electron chi connectivity index (χ4n) is 4.81. The van der Waals surface area contributed by atoms with Crippen molar-refractivity contribution >= 4 is 12.0 Å². The highest BCUT2D eigenvalue weighted by molar-refractivity contribution is 5.94. The molecule has 0 spiro atoms. The first kappa shape index (κ1) is 24.1. The number of carbonyl (C=O) groups is 1. The van der Waals surface area contributed by atoms with E-state index in [0.717, 1.165) is 36.3 Å². The standard InChI is InChI=1S/C28H32N4O4/c1-35-26-18-21(9-10-25(26)33)8-5-12-30-13-11-24-23(20-30)27(28(34)31-14-16-36-17-15-31)29-32(24)19-22-6-3-2-4-7-22/h2-10,18,33H,11-17,19-20H2,1H3. The molecule has 2 aliphatic rings. The van der Waals surface area contributed by atoms with Crippen LogP contribution in [0.1, 0.15) is 32.9 Å². The molecule has 2 aromatic carbocycles. The summed E-state index contributed by atoms with van der Waals surface area (Å²) in [7, 11) is 1.54. The van der Waals surface area contributed by atoms with Gasteiger partial charge in [-0.05, 0) is 23.3 Å². The zero-order valence-corrected chi connectivity index (χ0v) is 20.6. The van der Waals surface area contributed by atoms with Gasteiger partial charge in [-0.15, -0.1) is 0 Å². The summed E-state index contributed by atoms with van der Waals surface area (Å²) in [6, 6.07) is 15.6. The average molecular weight is 489 g/mol. The quantitative estimate of drug-likeness (QED) is 0.550. The van der Waals surface area contributed by atoms with E-state index < -0.39 is 0 Å². The lowest BCUT2D eigenvalue weighted by atomic mass is 10.0. The molecular formula is C28H32N4O4. The van der Waals surface area contributed by atoms with Gasteiger partial charge in [0.15, 0.2) is 17.2 Å². The van der Waals surface area contributed by atoms with Crippen molar-refractivity contribution in [1.29, 1.82) is 0 Å². The minimum atomic E-state index is -0.00468.